The average molecular weight is 580 g/mol. The lowest BCUT2D eigenvalue weighted by Gasteiger charge is -2.49. The number of carbonyl (C=O) groups excluding carboxylic acids is 1. The molecular weight excluding hydrogens is 534 g/mol. The number of urea groups is 1. The molecule has 1 unspecified atom stereocenters. The van der Waals surface area contributed by atoms with Crippen molar-refractivity contribution in [2.24, 2.45) is 11.3 Å². The lowest BCUT2D eigenvalue weighted by molar-refractivity contribution is 0.0203. The van der Waals surface area contributed by atoms with E-state index in [2.05, 4.69) is 57.4 Å². The zero-order valence-corrected chi connectivity index (χ0v) is 25.5. The van der Waals surface area contributed by atoms with Gasteiger partial charge in [-0.1, -0.05) is 73.5 Å². The molecule has 4 fully saturated rings. The highest BCUT2D eigenvalue weighted by atomic mass is 16.2. The number of benzene rings is 2. The standard InChI is InChI=1S/C36H45N5O2/c1-35(18-19-35)38-30-15-21-41(32(22-30)28-12-6-3-7-13-28)34(43)39-20-14-29(36(25-39)16-8-9-17-36)24-40-26-37-31(23-33(40)42)27-10-4-2-5-11-27/h2-7,10-13,23,26,29-30,32,38H,8-9,14-22,24-25H2,1H3/t29?,30-,32+/m1/s1. The van der Waals surface area contributed by atoms with Crippen molar-refractivity contribution in [1.82, 2.24) is 24.7 Å². The molecule has 7 nitrogen and oxygen atoms in total. The maximum Gasteiger partial charge on any atom is 0.320 e. The lowest BCUT2D eigenvalue weighted by atomic mass is 9.69. The van der Waals surface area contributed by atoms with Crippen LogP contribution in [0.25, 0.3) is 11.3 Å². The zero-order valence-electron chi connectivity index (χ0n) is 25.5. The molecule has 7 heteroatoms. The van der Waals surface area contributed by atoms with Gasteiger partial charge in [-0.05, 0) is 68.8 Å². The number of amides is 2. The fourth-order valence-electron chi connectivity index (χ4n) is 8.19. The van der Waals surface area contributed by atoms with Crippen molar-refractivity contribution in [3.05, 3.63) is 89.0 Å². The largest absolute Gasteiger partial charge is 0.324 e. The molecule has 4 aliphatic rings. The van der Waals surface area contributed by atoms with Crippen molar-refractivity contribution in [1.29, 1.82) is 0 Å². The number of likely N-dealkylation sites (tertiary alicyclic amines) is 2. The first-order valence-corrected chi connectivity index (χ1v) is 16.4. The molecule has 2 aliphatic heterocycles. The molecule has 3 aromatic rings. The SMILES string of the molecule is CC1(N[C@@H]2CCN(C(=O)N3CCC(Cn4cnc(-c5ccccc5)cc4=O)C4(CCCC4)C3)[C@H](c3ccccc3)C2)CC1. The molecule has 3 heterocycles. The summed E-state index contributed by atoms with van der Waals surface area (Å²) in [6.07, 6.45) is 11.7. The molecule has 7 rings (SSSR count). The second-order valence-corrected chi connectivity index (χ2v) is 13.9. The van der Waals surface area contributed by atoms with Gasteiger partial charge in [0.25, 0.3) is 5.56 Å². The predicted octanol–water partition coefficient (Wildman–Crippen LogP) is 6.26. The first-order chi connectivity index (χ1) is 20.9. The minimum atomic E-state index is 0.00254. The highest BCUT2D eigenvalue weighted by Crippen LogP contribution is 2.49. The van der Waals surface area contributed by atoms with Crippen molar-refractivity contribution in [2.75, 3.05) is 19.6 Å². The van der Waals surface area contributed by atoms with E-state index in [0.717, 1.165) is 63.0 Å². The van der Waals surface area contributed by atoms with Crippen molar-refractivity contribution in [3.8, 4) is 11.3 Å². The molecule has 2 saturated heterocycles. The van der Waals surface area contributed by atoms with Crippen LogP contribution in [0.15, 0.2) is 77.9 Å². The maximum absolute atomic E-state index is 14.3. The van der Waals surface area contributed by atoms with Crippen molar-refractivity contribution >= 4 is 6.03 Å². The summed E-state index contributed by atoms with van der Waals surface area (Å²) < 4.78 is 1.80. The molecule has 1 aromatic heterocycles. The highest BCUT2D eigenvalue weighted by Gasteiger charge is 2.48. The molecule has 3 atom stereocenters. The zero-order chi connectivity index (χ0) is 29.4. The Balaban J connectivity index is 1.07. The smallest absolute Gasteiger partial charge is 0.320 e. The Morgan fingerprint density at radius 1 is 0.953 bits per heavy atom. The van der Waals surface area contributed by atoms with Crippen LogP contribution in [-0.4, -0.2) is 56.6 Å². The van der Waals surface area contributed by atoms with Gasteiger partial charge in [0, 0.05) is 49.4 Å². The summed E-state index contributed by atoms with van der Waals surface area (Å²) in [5.74, 6) is 0.361. The number of hydrogen-bond acceptors (Lipinski definition) is 4. The van der Waals surface area contributed by atoms with Gasteiger partial charge in [0.1, 0.15) is 0 Å². The number of nitrogens with one attached hydrogen (secondary N) is 1. The number of nitrogens with zero attached hydrogens (tertiary/aromatic N) is 4. The summed E-state index contributed by atoms with van der Waals surface area (Å²) in [4.78, 5) is 36.5. The molecule has 226 valence electrons. The molecule has 0 radical (unpaired) electrons. The molecule has 2 amide bonds. The quantitative estimate of drug-likeness (QED) is 0.374. The summed E-state index contributed by atoms with van der Waals surface area (Å²) in [6, 6.07) is 22.9. The van der Waals surface area contributed by atoms with Crippen LogP contribution >= 0.6 is 0 Å². The molecule has 2 aliphatic carbocycles. The Kier molecular flexibility index (Phi) is 7.62. The molecule has 2 aromatic carbocycles. The van der Waals surface area contributed by atoms with E-state index >= 15 is 0 Å². The van der Waals surface area contributed by atoms with E-state index in [1.165, 1.54) is 31.2 Å². The Hall–Kier alpha value is -3.45. The van der Waals surface area contributed by atoms with Gasteiger partial charge in [0.2, 0.25) is 0 Å². The van der Waals surface area contributed by atoms with Gasteiger partial charge < -0.3 is 15.1 Å². The fraction of sp³-hybridized carbons (Fsp3) is 0.528. The Morgan fingerprint density at radius 3 is 2.37 bits per heavy atom. The number of piperidine rings is 2. The maximum atomic E-state index is 14.3. The average Bonchev–Trinajstić information content (AvgIpc) is 3.58. The first-order valence-electron chi connectivity index (χ1n) is 16.4. The summed E-state index contributed by atoms with van der Waals surface area (Å²) in [5.41, 5.74) is 3.27. The van der Waals surface area contributed by atoms with E-state index in [4.69, 9.17) is 0 Å². The second kappa shape index (κ2) is 11.6. The third-order valence-electron chi connectivity index (χ3n) is 10.9. The Bertz CT molecular complexity index is 1480. The van der Waals surface area contributed by atoms with Gasteiger partial charge in [-0.3, -0.25) is 9.36 Å². The van der Waals surface area contributed by atoms with Gasteiger partial charge in [-0.2, -0.15) is 0 Å². The normalized spacial score (nSPS) is 26.0. The van der Waals surface area contributed by atoms with Crippen LogP contribution in [0.3, 0.4) is 0 Å². The summed E-state index contributed by atoms with van der Waals surface area (Å²) >= 11 is 0. The van der Waals surface area contributed by atoms with E-state index in [1.54, 1.807) is 17.0 Å². The number of aromatic nitrogens is 2. The van der Waals surface area contributed by atoms with Gasteiger partial charge in [0.05, 0.1) is 18.1 Å². The third-order valence-corrected chi connectivity index (χ3v) is 10.9. The van der Waals surface area contributed by atoms with Crippen LogP contribution in [0.2, 0.25) is 0 Å². The van der Waals surface area contributed by atoms with E-state index in [1.807, 2.05) is 30.3 Å². The van der Waals surface area contributed by atoms with Crippen LogP contribution < -0.4 is 10.9 Å². The minimum absolute atomic E-state index is 0.00254. The monoisotopic (exact) mass is 579 g/mol. The lowest BCUT2D eigenvalue weighted by Crippen LogP contribution is -2.57. The van der Waals surface area contributed by atoms with Crippen LogP contribution in [-0.2, 0) is 6.54 Å². The minimum Gasteiger partial charge on any atom is -0.324 e. The summed E-state index contributed by atoms with van der Waals surface area (Å²) in [7, 11) is 0. The van der Waals surface area contributed by atoms with E-state index in [0.29, 0.717) is 18.5 Å². The van der Waals surface area contributed by atoms with Crippen molar-refractivity contribution in [2.45, 2.75) is 88.9 Å². The van der Waals surface area contributed by atoms with Crippen LogP contribution in [0.1, 0.15) is 76.3 Å². The molecule has 2 saturated carbocycles. The summed E-state index contributed by atoms with van der Waals surface area (Å²) in [5, 5.41) is 3.91. The van der Waals surface area contributed by atoms with Crippen molar-refractivity contribution < 1.29 is 4.79 Å². The predicted molar refractivity (Wildman–Crippen MR) is 170 cm³/mol. The van der Waals surface area contributed by atoms with Crippen LogP contribution in [0, 0.1) is 11.3 Å². The second-order valence-electron chi connectivity index (χ2n) is 13.9. The number of rotatable bonds is 6. The third kappa shape index (κ3) is 5.88. The van der Waals surface area contributed by atoms with Crippen LogP contribution in [0.5, 0.6) is 0 Å². The molecular formula is C36H45N5O2. The van der Waals surface area contributed by atoms with Gasteiger partial charge >= 0.3 is 6.03 Å². The molecule has 43 heavy (non-hydrogen) atoms. The van der Waals surface area contributed by atoms with Crippen LogP contribution in [0.4, 0.5) is 4.79 Å². The number of carbonyl (C=O) groups is 1. The molecule has 1 spiro atoms. The fourth-order valence-corrected chi connectivity index (χ4v) is 8.19. The van der Waals surface area contributed by atoms with Gasteiger partial charge in [-0.15, -0.1) is 0 Å². The Labute approximate surface area is 255 Å². The van der Waals surface area contributed by atoms with E-state index in [-0.39, 0.29) is 28.6 Å². The number of hydrogen-bond donors (Lipinski definition) is 1. The van der Waals surface area contributed by atoms with Gasteiger partial charge in [-0.25, -0.2) is 9.78 Å². The summed E-state index contributed by atoms with van der Waals surface area (Å²) in [6.45, 7) is 5.32. The van der Waals surface area contributed by atoms with E-state index < -0.39 is 0 Å². The van der Waals surface area contributed by atoms with Crippen molar-refractivity contribution in [3.63, 3.8) is 0 Å². The Morgan fingerprint density at radius 2 is 1.67 bits per heavy atom. The highest BCUT2D eigenvalue weighted by molar-refractivity contribution is 5.75. The topological polar surface area (TPSA) is 70.5 Å². The molecule has 1 N–H and O–H groups in total. The first kappa shape index (κ1) is 28.3. The molecule has 0 bridgehead atoms. The van der Waals surface area contributed by atoms with Gasteiger partial charge in [0.15, 0.2) is 0 Å². The van der Waals surface area contributed by atoms with E-state index in [9.17, 15) is 9.59 Å².